The lowest BCUT2D eigenvalue weighted by molar-refractivity contribution is -0.118. The first-order valence-electron chi connectivity index (χ1n) is 6.31. The number of hydrogen-bond acceptors (Lipinski definition) is 3. The second-order valence-corrected chi connectivity index (χ2v) is 4.47. The minimum Gasteiger partial charge on any atom is -0.496 e. The van der Waals surface area contributed by atoms with Crippen molar-refractivity contribution in [2.45, 2.75) is 19.3 Å². The molecule has 0 saturated carbocycles. The highest BCUT2D eigenvalue weighted by Gasteiger charge is 2.09. The van der Waals surface area contributed by atoms with Gasteiger partial charge in [0.1, 0.15) is 11.5 Å². The monoisotopic (exact) mass is 258 g/mol. The number of Topliss-reactive ketones (excluding diaryl/α,β-unsaturated/α-hetero) is 1. The van der Waals surface area contributed by atoms with Crippen LogP contribution in [0.2, 0.25) is 0 Å². The summed E-state index contributed by atoms with van der Waals surface area (Å²) >= 11 is 0. The number of rotatable bonds is 6. The first-order chi connectivity index (χ1) is 9.20. The van der Waals surface area contributed by atoms with Gasteiger partial charge in [0.2, 0.25) is 0 Å². The summed E-state index contributed by atoms with van der Waals surface area (Å²) in [5.74, 6) is 0.988. The molecule has 0 amide bonds. The largest absolute Gasteiger partial charge is 0.496 e. The fraction of sp³-hybridized carbons (Fsp3) is 0.333. The number of carbonyl (C=O) groups is 1. The van der Waals surface area contributed by atoms with Gasteiger partial charge in [0, 0.05) is 37.3 Å². The van der Waals surface area contributed by atoms with Crippen LogP contribution in [0.5, 0.6) is 5.75 Å². The van der Waals surface area contributed by atoms with Gasteiger partial charge in [-0.25, -0.2) is 0 Å². The molecule has 0 saturated heterocycles. The van der Waals surface area contributed by atoms with Crippen LogP contribution in [0.1, 0.15) is 17.7 Å². The van der Waals surface area contributed by atoms with Crippen LogP contribution in [0.15, 0.2) is 36.5 Å². The minimum atomic E-state index is 0.214. The average molecular weight is 258 g/mol. The highest BCUT2D eigenvalue weighted by molar-refractivity contribution is 5.81. The number of methoxy groups -OCH3 is 1. The van der Waals surface area contributed by atoms with Crippen LogP contribution in [-0.2, 0) is 24.7 Å². The van der Waals surface area contributed by atoms with Crippen LogP contribution in [-0.4, -0.2) is 22.7 Å². The van der Waals surface area contributed by atoms with Gasteiger partial charge in [0.25, 0.3) is 0 Å². The Labute approximate surface area is 113 Å². The Kier molecular flexibility index (Phi) is 4.34. The van der Waals surface area contributed by atoms with Crippen LogP contribution in [0.3, 0.4) is 0 Å². The van der Waals surface area contributed by atoms with E-state index >= 15 is 0 Å². The molecule has 1 heterocycles. The third kappa shape index (κ3) is 3.44. The summed E-state index contributed by atoms with van der Waals surface area (Å²) in [5.41, 5.74) is 2.02. The van der Waals surface area contributed by atoms with E-state index in [1.54, 1.807) is 18.0 Å². The summed E-state index contributed by atoms with van der Waals surface area (Å²) in [7, 11) is 3.51. The maximum Gasteiger partial charge on any atom is 0.137 e. The molecular formula is C15H18N2O2. The summed E-state index contributed by atoms with van der Waals surface area (Å²) in [6.07, 6.45) is 3.42. The number of aromatic nitrogens is 2. The van der Waals surface area contributed by atoms with E-state index in [2.05, 4.69) is 5.10 Å². The molecule has 19 heavy (non-hydrogen) atoms. The number of ketones is 1. The summed E-state index contributed by atoms with van der Waals surface area (Å²) in [5, 5.41) is 4.09. The van der Waals surface area contributed by atoms with E-state index in [1.165, 1.54) is 0 Å². The van der Waals surface area contributed by atoms with Gasteiger partial charge in [-0.2, -0.15) is 5.10 Å². The molecule has 0 unspecified atom stereocenters. The van der Waals surface area contributed by atoms with E-state index < -0.39 is 0 Å². The van der Waals surface area contributed by atoms with Crippen LogP contribution in [0.4, 0.5) is 0 Å². The van der Waals surface area contributed by atoms with Gasteiger partial charge in [-0.1, -0.05) is 18.2 Å². The van der Waals surface area contributed by atoms with Gasteiger partial charge in [0.05, 0.1) is 7.11 Å². The molecule has 0 radical (unpaired) electrons. The summed E-state index contributed by atoms with van der Waals surface area (Å²) < 4.78 is 7.05. The predicted molar refractivity (Wildman–Crippen MR) is 73.2 cm³/mol. The number of nitrogens with zero attached hydrogens (tertiary/aromatic N) is 2. The quantitative estimate of drug-likeness (QED) is 0.797. The van der Waals surface area contributed by atoms with Crippen molar-refractivity contribution in [3.63, 3.8) is 0 Å². The van der Waals surface area contributed by atoms with Crippen molar-refractivity contribution in [3.8, 4) is 5.75 Å². The molecule has 100 valence electrons. The summed E-state index contributed by atoms with van der Waals surface area (Å²) in [6, 6.07) is 9.58. The maximum atomic E-state index is 12.0. The maximum absolute atomic E-state index is 12.0. The zero-order chi connectivity index (χ0) is 13.7. The molecular weight excluding hydrogens is 240 g/mol. The molecule has 2 rings (SSSR count). The number of carbonyl (C=O) groups excluding carboxylic acids is 1. The fourth-order valence-electron chi connectivity index (χ4n) is 2.06. The number of benzene rings is 1. The smallest absolute Gasteiger partial charge is 0.137 e. The molecule has 0 N–H and O–H groups in total. The van der Waals surface area contributed by atoms with Gasteiger partial charge in [-0.3, -0.25) is 9.48 Å². The van der Waals surface area contributed by atoms with Crippen molar-refractivity contribution in [1.82, 2.24) is 9.78 Å². The zero-order valence-electron chi connectivity index (χ0n) is 11.3. The van der Waals surface area contributed by atoms with Crippen LogP contribution < -0.4 is 4.74 Å². The Balaban J connectivity index is 1.93. The first kappa shape index (κ1) is 13.3. The molecule has 0 aliphatic rings. The number of ether oxygens (including phenoxy) is 1. The third-order valence-electron chi connectivity index (χ3n) is 3.16. The topological polar surface area (TPSA) is 44.1 Å². The van der Waals surface area contributed by atoms with Crippen LogP contribution in [0, 0.1) is 0 Å². The molecule has 0 spiro atoms. The number of para-hydroxylation sites is 1. The molecule has 0 aliphatic heterocycles. The van der Waals surface area contributed by atoms with Crippen molar-refractivity contribution in [3.05, 3.63) is 47.8 Å². The molecule has 4 nitrogen and oxygen atoms in total. The van der Waals surface area contributed by atoms with E-state index in [9.17, 15) is 4.79 Å². The Morgan fingerprint density at radius 2 is 2.11 bits per heavy atom. The Morgan fingerprint density at radius 1 is 1.32 bits per heavy atom. The molecule has 0 aliphatic carbocycles. The lowest BCUT2D eigenvalue weighted by Gasteiger charge is -2.07. The molecule has 0 fully saturated rings. The number of aryl methyl sites for hydroxylation is 2. The summed E-state index contributed by atoms with van der Waals surface area (Å²) in [6.45, 7) is 0. The summed E-state index contributed by atoms with van der Waals surface area (Å²) in [4.78, 5) is 12.0. The van der Waals surface area contributed by atoms with Crippen molar-refractivity contribution >= 4 is 5.78 Å². The molecule has 0 bridgehead atoms. The Morgan fingerprint density at radius 3 is 2.79 bits per heavy atom. The second-order valence-electron chi connectivity index (χ2n) is 4.47. The van der Waals surface area contributed by atoms with Crippen molar-refractivity contribution < 1.29 is 9.53 Å². The van der Waals surface area contributed by atoms with E-state index in [1.807, 2.05) is 37.4 Å². The van der Waals surface area contributed by atoms with Gasteiger partial charge in [-0.15, -0.1) is 0 Å². The van der Waals surface area contributed by atoms with Gasteiger partial charge >= 0.3 is 0 Å². The van der Waals surface area contributed by atoms with Crippen LogP contribution >= 0.6 is 0 Å². The molecule has 0 atom stereocenters. The van der Waals surface area contributed by atoms with E-state index in [0.717, 1.165) is 23.4 Å². The van der Waals surface area contributed by atoms with E-state index in [4.69, 9.17) is 4.74 Å². The highest BCUT2D eigenvalue weighted by Crippen LogP contribution is 2.18. The lowest BCUT2D eigenvalue weighted by atomic mass is 10.0. The fourth-order valence-corrected chi connectivity index (χ4v) is 2.06. The van der Waals surface area contributed by atoms with Gasteiger partial charge in [-0.05, 0) is 18.6 Å². The third-order valence-corrected chi connectivity index (χ3v) is 3.16. The van der Waals surface area contributed by atoms with E-state index in [0.29, 0.717) is 12.8 Å². The molecule has 1 aromatic heterocycles. The lowest BCUT2D eigenvalue weighted by Crippen LogP contribution is -2.07. The standard InChI is InChI=1S/C15H18N2O2/c1-17-13(9-10-16-17)7-8-14(18)11-12-5-3-4-6-15(12)19-2/h3-6,9-10H,7-8,11H2,1-2H3. The SMILES string of the molecule is COc1ccccc1CC(=O)CCc1ccnn1C. The average Bonchev–Trinajstić information content (AvgIpc) is 2.82. The van der Waals surface area contributed by atoms with Gasteiger partial charge in [0.15, 0.2) is 0 Å². The minimum absolute atomic E-state index is 0.214. The Hall–Kier alpha value is -2.10. The normalized spacial score (nSPS) is 10.4. The predicted octanol–water partition coefficient (Wildman–Crippen LogP) is 2.17. The van der Waals surface area contributed by atoms with Crippen molar-refractivity contribution in [2.24, 2.45) is 7.05 Å². The highest BCUT2D eigenvalue weighted by atomic mass is 16.5. The Bertz CT molecular complexity index is 561. The zero-order valence-corrected chi connectivity index (χ0v) is 11.3. The first-order valence-corrected chi connectivity index (χ1v) is 6.31. The van der Waals surface area contributed by atoms with Crippen LogP contribution in [0.25, 0.3) is 0 Å². The molecule has 1 aromatic carbocycles. The number of hydrogen-bond donors (Lipinski definition) is 0. The second kappa shape index (κ2) is 6.18. The van der Waals surface area contributed by atoms with E-state index in [-0.39, 0.29) is 5.78 Å². The molecule has 4 heteroatoms. The van der Waals surface area contributed by atoms with Crippen molar-refractivity contribution in [1.29, 1.82) is 0 Å². The van der Waals surface area contributed by atoms with Gasteiger partial charge < -0.3 is 4.74 Å². The molecule has 2 aromatic rings. The van der Waals surface area contributed by atoms with Crippen molar-refractivity contribution in [2.75, 3.05) is 7.11 Å².